The molecule has 1 amide bonds. The highest BCUT2D eigenvalue weighted by atomic mass is 16.5. The minimum atomic E-state index is -0.0612. The van der Waals surface area contributed by atoms with Crippen molar-refractivity contribution in [2.24, 2.45) is 5.11 Å². The molecule has 3 N–H and O–H groups in total. The summed E-state index contributed by atoms with van der Waals surface area (Å²) < 4.78 is 6.08. The largest absolute Gasteiger partial charge is 0.457 e. The first kappa shape index (κ1) is 27.4. The van der Waals surface area contributed by atoms with E-state index in [4.69, 9.17) is 15.3 Å². The first-order chi connectivity index (χ1) is 19.9. The number of hydrogen-bond donors (Lipinski definition) is 3. The molecule has 12 heteroatoms. The third-order valence-corrected chi connectivity index (χ3v) is 7.14. The number of rotatable bonds is 9. The zero-order chi connectivity index (χ0) is 28.9. The van der Waals surface area contributed by atoms with Crippen molar-refractivity contribution in [3.63, 3.8) is 0 Å². The van der Waals surface area contributed by atoms with E-state index in [1.165, 1.54) is 12.4 Å². The number of aryl methyl sites for hydroxylation is 1. The van der Waals surface area contributed by atoms with Crippen LogP contribution >= 0.6 is 0 Å². The van der Waals surface area contributed by atoms with Crippen LogP contribution in [-0.2, 0) is 4.79 Å². The Hall–Kier alpha value is -5.13. The minimum absolute atomic E-state index is 0.0612. The van der Waals surface area contributed by atoms with Crippen molar-refractivity contribution in [1.29, 1.82) is 5.53 Å². The second kappa shape index (κ2) is 11.9. The lowest BCUT2D eigenvalue weighted by atomic mass is 10.0. The fourth-order valence-electron chi connectivity index (χ4n) is 4.85. The van der Waals surface area contributed by atoms with E-state index in [-0.39, 0.29) is 11.9 Å². The number of aromatic nitrogens is 4. The van der Waals surface area contributed by atoms with E-state index in [1.54, 1.807) is 19.3 Å². The summed E-state index contributed by atoms with van der Waals surface area (Å²) in [5.74, 6) is 2.30. The molecule has 1 saturated heterocycles. The van der Waals surface area contributed by atoms with E-state index in [2.05, 4.69) is 37.3 Å². The lowest BCUT2D eigenvalue weighted by molar-refractivity contribution is -0.127. The fraction of sp³-hybridized carbons (Fsp3) is 0.276. The molecule has 0 spiro atoms. The summed E-state index contributed by atoms with van der Waals surface area (Å²) in [5, 5.41) is 9.93. The van der Waals surface area contributed by atoms with Gasteiger partial charge in [0.05, 0.1) is 11.9 Å². The second-order valence-corrected chi connectivity index (χ2v) is 9.77. The van der Waals surface area contributed by atoms with Crippen molar-refractivity contribution in [3.8, 4) is 11.5 Å². The molecule has 0 radical (unpaired) electrons. The molecular formula is C29H32N10O2. The third kappa shape index (κ3) is 5.91. The Kier molecular flexibility index (Phi) is 7.99. The molecule has 2 aromatic heterocycles. The van der Waals surface area contributed by atoms with Gasteiger partial charge in [-0.2, -0.15) is 5.11 Å². The maximum Gasteiger partial charge on any atom is 0.246 e. The summed E-state index contributed by atoms with van der Waals surface area (Å²) >= 11 is 0. The van der Waals surface area contributed by atoms with Crippen molar-refractivity contribution in [2.75, 3.05) is 42.7 Å². The third-order valence-electron chi connectivity index (χ3n) is 7.14. The number of likely N-dealkylation sites (N-methyl/N-ethyl adjacent to an activating group) is 1. The van der Waals surface area contributed by atoms with Crippen LogP contribution in [0.5, 0.6) is 11.5 Å². The molecule has 0 unspecified atom stereocenters. The highest BCUT2D eigenvalue weighted by molar-refractivity contribution is 5.88. The molecule has 1 fully saturated rings. The Balaban J connectivity index is 1.36. The lowest BCUT2D eigenvalue weighted by Gasteiger charge is -2.37. The summed E-state index contributed by atoms with van der Waals surface area (Å²) in [4.78, 5) is 34.1. The number of nitrogens with one attached hydrogen (secondary N) is 3. The standard InChI is InChI=1S/C29H32N10O2/c1-5-26(40)39-12-6-7-20(16-39)38(4)29-32-15-24-27(36-29)28(34-17-33-24)35-19-8-11-25(18(2)13-19)41-21-9-10-22(31-3)23(14-21)37-30/h5,8-11,13-15,17,20,30-31H,1,6-7,12,16H2,2-4H3,(H,33,34,35)/t20-/m0/s1. The summed E-state index contributed by atoms with van der Waals surface area (Å²) in [5.41, 5.74) is 11.6. The van der Waals surface area contributed by atoms with Crippen LogP contribution in [0.2, 0.25) is 0 Å². The Labute approximate surface area is 238 Å². The molecule has 0 aliphatic carbocycles. The number of piperidine rings is 1. The van der Waals surface area contributed by atoms with E-state index < -0.39 is 0 Å². The summed E-state index contributed by atoms with van der Waals surface area (Å²) in [6.07, 6.45) is 6.36. The van der Waals surface area contributed by atoms with Gasteiger partial charge in [-0.05, 0) is 61.7 Å². The average Bonchev–Trinajstić information content (AvgIpc) is 3.01. The van der Waals surface area contributed by atoms with Crippen LogP contribution in [0.15, 0.2) is 66.7 Å². The van der Waals surface area contributed by atoms with Gasteiger partial charge < -0.3 is 25.2 Å². The van der Waals surface area contributed by atoms with Gasteiger partial charge >= 0.3 is 0 Å². The Bertz CT molecular complexity index is 1610. The quantitative estimate of drug-likeness (QED) is 0.179. The average molecular weight is 553 g/mol. The van der Waals surface area contributed by atoms with Gasteiger partial charge in [0.25, 0.3) is 0 Å². The number of fused-ring (bicyclic) bond motifs is 1. The number of carbonyl (C=O) groups excluding carboxylic acids is 1. The van der Waals surface area contributed by atoms with Crippen molar-refractivity contribution < 1.29 is 9.53 Å². The minimum Gasteiger partial charge on any atom is -0.457 e. The van der Waals surface area contributed by atoms with Crippen LogP contribution in [0, 0.1) is 12.5 Å². The van der Waals surface area contributed by atoms with E-state index in [0.717, 1.165) is 36.3 Å². The smallest absolute Gasteiger partial charge is 0.246 e. The highest BCUT2D eigenvalue weighted by Gasteiger charge is 2.27. The monoisotopic (exact) mass is 552 g/mol. The maximum absolute atomic E-state index is 12.2. The molecular weight excluding hydrogens is 520 g/mol. The van der Waals surface area contributed by atoms with Crippen LogP contribution in [0.1, 0.15) is 18.4 Å². The van der Waals surface area contributed by atoms with Gasteiger partial charge in [0.15, 0.2) is 5.82 Å². The van der Waals surface area contributed by atoms with Crippen LogP contribution < -0.4 is 20.3 Å². The van der Waals surface area contributed by atoms with Crippen LogP contribution in [0.25, 0.3) is 11.0 Å². The molecule has 1 atom stereocenters. The second-order valence-electron chi connectivity index (χ2n) is 9.77. The van der Waals surface area contributed by atoms with Crippen LogP contribution in [-0.4, -0.2) is 64.0 Å². The molecule has 210 valence electrons. The number of ether oxygens (including phenoxy) is 1. The molecule has 3 heterocycles. The first-order valence-electron chi connectivity index (χ1n) is 13.3. The van der Waals surface area contributed by atoms with E-state index in [0.29, 0.717) is 46.5 Å². The topological polar surface area (TPSA) is 145 Å². The molecule has 5 rings (SSSR count). The predicted octanol–water partition coefficient (Wildman–Crippen LogP) is 5.58. The van der Waals surface area contributed by atoms with Crippen molar-refractivity contribution in [3.05, 3.63) is 67.1 Å². The van der Waals surface area contributed by atoms with Crippen molar-refractivity contribution in [1.82, 2.24) is 24.8 Å². The van der Waals surface area contributed by atoms with E-state index in [9.17, 15) is 4.79 Å². The Morgan fingerprint density at radius 2 is 2.10 bits per heavy atom. The molecule has 1 aliphatic heterocycles. The lowest BCUT2D eigenvalue weighted by Crippen LogP contribution is -2.48. The molecule has 2 aromatic carbocycles. The number of anilines is 4. The number of nitrogens with zero attached hydrogens (tertiary/aromatic N) is 7. The SMILES string of the molecule is C=CC(=O)N1CCC[C@H](N(C)c2ncc3ncnc(Nc4ccc(Oc5ccc(NC)c(N=N)c5)c(C)c4)c3n2)C1. The predicted molar refractivity (Wildman–Crippen MR) is 159 cm³/mol. The van der Waals surface area contributed by atoms with E-state index in [1.807, 2.05) is 54.1 Å². The number of carbonyl (C=O) groups is 1. The zero-order valence-electron chi connectivity index (χ0n) is 23.3. The molecule has 41 heavy (non-hydrogen) atoms. The molecule has 4 aromatic rings. The van der Waals surface area contributed by atoms with Gasteiger partial charge in [0.2, 0.25) is 11.9 Å². The number of amides is 1. The molecule has 1 aliphatic rings. The fourth-order valence-corrected chi connectivity index (χ4v) is 4.85. The highest BCUT2D eigenvalue weighted by Crippen LogP contribution is 2.34. The van der Waals surface area contributed by atoms with Crippen molar-refractivity contribution in [2.45, 2.75) is 25.8 Å². The molecule has 0 bridgehead atoms. The Morgan fingerprint density at radius 1 is 1.24 bits per heavy atom. The summed E-state index contributed by atoms with van der Waals surface area (Å²) in [6.45, 7) is 6.88. The van der Waals surface area contributed by atoms with Gasteiger partial charge in [-0.1, -0.05) is 6.58 Å². The van der Waals surface area contributed by atoms with Crippen LogP contribution in [0.4, 0.5) is 28.8 Å². The van der Waals surface area contributed by atoms with Gasteiger partial charge in [0, 0.05) is 45.0 Å². The van der Waals surface area contributed by atoms with Crippen molar-refractivity contribution >= 4 is 45.8 Å². The Morgan fingerprint density at radius 3 is 2.85 bits per heavy atom. The number of benzene rings is 2. The first-order valence-corrected chi connectivity index (χ1v) is 13.3. The normalized spacial score (nSPS) is 14.8. The van der Waals surface area contributed by atoms with E-state index >= 15 is 0 Å². The van der Waals surface area contributed by atoms with Crippen LogP contribution in [0.3, 0.4) is 0 Å². The van der Waals surface area contributed by atoms with Gasteiger partial charge in [0.1, 0.15) is 34.5 Å². The number of likely N-dealkylation sites (tertiary alicyclic amines) is 1. The summed E-state index contributed by atoms with van der Waals surface area (Å²) in [6, 6.07) is 11.2. The van der Waals surface area contributed by atoms with Gasteiger partial charge in [-0.25, -0.2) is 25.5 Å². The molecule has 12 nitrogen and oxygen atoms in total. The van der Waals surface area contributed by atoms with Gasteiger partial charge in [-0.3, -0.25) is 4.79 Å². The van der Waals surface area contributed by atoms with Gasteiger partial charge in [-0.15, -0.1) is 0 Å². The molecule has 0 saturated carbocycles. The summed E-state index contributed by atoms with van der Waals surface area (Å²) in [7, 11) is 3.73. The zero-order valence-corrected chi connectivity index (χ0v) is 23.3. The number of hydrogen-bond acceptors (Lipinski definition) is 11. The maximum atomic E-state index is 12.2.